The molecule has 0 saturated carbocycles. The Labute approximate surface area is 85.8 Å². The molecule has 0 amide bonds. The highest BCUT2D eigenvalue weighted by atomic mass is 32.1. The first kappa shape index (κ1) is 9.11. The fourth-order valence-electron chi connectivity index (χ4n) is 1.16. The zero-order valence-electron chi connectivity index (χ0n) is 7.47. The minimum atomic E-state index is 0.516. The van der Waals surface area contributed by atoms with Crippen molar-refractivity contribution in [3.63, 3.8) is 0 Å². The van der Waals surface area contributed by atoms with E-state index >= 15 is 0 Å². The molecule has 5 heteroatoms. The molecule has 0 radical (unpaired) electrons. The summed E-state index contributed by atoms with van der Waals surface area (Å²) in [6.07, 6.45) is 0. The standard InChI is InChI=1S/C9H10N4S/c10-5-7-3-1-2-4-8(7)12-9-13-11-6-14-9/h1-4,6H,5,10H2,(H,12,13). The second kappa shape index (κ2) is 4.17. The largest absolute Gasteiger partial charge is 0.330 e. The molecule has 2 aromatic rings. The van der Waals surface area contributed by atoms with Crippen LogP contribution in [0.5, 0.6) is 0 Å². The van der Waals surface area contributed by atoms with Crippen molar-refractivity contribution in [1.82, 2.24) is 10.2 Å². The van der Waals surface area contributed by atoms with E-state index < -0.39 is 0 Å². The summed E-state index contributed by atoms with van der Waals surface area (Å²) in [6, 6.07) is 7.89. The van der Waals surface area contributed by atoms with Gasteiger partial charge in [-0.1, -0.05) is 29.5 Å². The summed E-state index contributed by atoms with van der Waals surface area (Å²) in [5.74, 6) is 0. The van der Waals surface area contributed by atoms with Gasteiger partial charge in [0.25, 0.3) is 0 Å². The van der Waals surface area contributed by atoms with Gasteiger partial charge in [0.15, 0.2) is 0 Å². The molecule has 0 aliphatic heterocycles. The predicted molar refractivity (Wildman–Crippen MR) is 57.5 cm³/mol. The van der Waals surface area contributed by atoms with Crippen molar-refractivity contribution < 1.29 is 0 Å². The van der Waals surface area contributed by atoms with Crippen LogP contribution in [0.15, 0.2) is 29.8 Å². The van der Waals surface area contributed by atoms with E-state index in [9.17, 15) is 0 Å². The lowest BCUT2D eigenvalue weighted by molar-refractivity contribution is 1.06. The Morgan fingerprint density at radius 2 is 2.21 bits per heavy atom. The lowest BCUT2D eigenvalue weighted by Gasteiger charge is -2.06. The maximum absolute atomic E-state index is 5.61. The van der Waals surface area contributed by atoms with Crippen LogP contribution >= 0.6 is 11.3 Å². The third-order valence-electron chi connectivity index (χ3n) is 1.84. The van der Waals surface area contributed by atoms with Crippen LogP contribution in [-0.2, 0) is 6.54 Å². The topological polar surface area (TPSA) is 63.8 Å². The highest BCUT2D eigenvalue weighted by Gasteiger charge is 2.01. The van der Waals surface area contributed by atoms with Gasteiger partial charge in [-0.15, -0.1) is 10.2 Å². The second-order valence-corrected chi connectivity index (χ2v) is 3.56. The van der Waals surface area contributed by atoms with Crippen LogP contribution in [0.2, 0.25) is 0 Å². The smallest absolute Gasteiger partial charge is 0.209 e. The molecule has 0 atom stereocenters. The van der Waals surface area contributed by atoms with E-state index in [2.05, 4.69) is 15.5 Å². The molecule has 0 saturated heterocycles. The van der Waals surface area contributed by atoms with E-state index in [1.807, 2.05) is 24.3 Å². The summed E-state index contributed by atoms with van der Waals surface area (Å²) >= 11 is 1.46. The van der Waals surface area contributed by atoms with E-state index in [1.54, 1.807) is 5.51 Å². The first-order valence-corrected chi connectivity index (χ1v) is 5.09. The summed E-state index contributed by atoms with van der Waals surface area (Å²) in [6.45, 7) is 0.516. The van der Waals surface area contributed by atoms with E-state index in [0.29, 0.717) is 6.54 Å². The van der Waals surface area contributed by atoms with E-state index in [0.717, 1.165) is 16.4 Å². The monoisotopic (exact) mass is 206 g/mol. The van der Waals surface area contributed by atoms with Gasteiger partial charge in [-0.3, -0.25) is 0 Å². The van der Waals surface area contributed by atoms with Crippen molar-refractivity contribution in [2.45, 2.75) is 6.54 Å². The molecule has 2 rings (SSSR count). The van der Waals surface area contributed by atoms with Crippen molar-refractivity contribution >= 4 is 22.2 Å². The third-order valence-corrected chi connectivity index (χ3v) is 2.45. The van der Waals surface area contributed by atoms with Crippen LogP contribution < -0.4 is 11.1 Å². The minimum absolute atomic E-state index is 0.516. The Hall–Kier alpha value is -1.46. The SMILES string of the molecule is NCc1ccccc1Nc1nncs1. The molecule has 4 nitrogen and oxygen atoms in total. The Morgan fingerprint density at radius 1 is 1.36 bits per heavy atom. The van der Waals surface area contributed by atoms with Crippen LogP contribution in [0, 0.1) is 0 Å². The molecular formula is C9H10N4S. The fraction of sp³-hybridized carbons (Fsp3) is 0.111. The number of hydrogen-bond acceptors (Lipinski definition) is 5. The van der Waals surface area contributed by atoms with Gasteiger partial charge in [0.2, 0.25) is 5.13 Å². The highest BCUT2D eigenvalue weighted by molar-refractivity contribution is 7.13. The summed E-state index contributed by atoms with van der Waals surface area (Å²) in [4.78, 5) is 0. The average Bonchev–Trinajstić information content (AvgIpc) is 2.71. The van der Waals surface area contributed by atoms with Gasteiger partial charge in [0.05, 0.1) is 0 Å². The number of nitrogens with two attached hydrogens (primary N) is 1. The number of benzene rings is 1. The Bertz CT molecular complexity index is 399. The first-order chi connectivity index (χ1) is 6.90. The molecule has 0 aliphatic carbocycles. The van der Waals surface area contributed by atoms with Gasteiger partial charge >= 0.3 is 0 Å². The van der Waals surface area contributed by atoms with E-state index in [1.165, 1.54) is 11.3 Å². The summed E-state index contributed by atoms with van der Waals surface area (Å²) in [5.41, 5.74) is 9.36. The van der Waals surface area contributed by atoms with Gasteiger partial charge < -0.3 is 11.1 Å². The average molecular weight is 206 g/mol. The minimum Gasteiger partial charge on any atom is -0.330 e. The number of aromatic nitrogens is 2. The molecule has 0 unspecified atom stereocenters. The lowest BCUT2D eigenvalue weighted by Crippen LogP contribution is -2.01. The molecule has 1 heterocycles. The lowest BCUT2D eigenvalue weighted by atomic mass is 10.2. The molecule has 0 aliphatic rings. The number of nitrogens with zero attached hydrogens (tertiary/aromatic N) is 2. The number of para-hydroxylation sites is 1. The van der Waals surface area contributed by atoms with Crippen molar-refractivity contribution in [2.24, 2.45) is 5.73 Å². The number of anilines is 2. The molecule has 0 bridgehead atoms. The maximum Gasteiger partial charge on any atom is 0.209 e. The van der Waals surface area contributed by atoms with Crippen LogP contribution in [0.25, 0.3) is 0 Å². The molecule has 0 spiro atoms. The Kier molecular flexibility index (Phi) is 2.71. The normalized spacial score (nSPS) is 10.1. The molecule has 1 aromatic carbocycles. The zero-order chi connectivity index (χ0) is 9.80. The van der Waals surface area contributed by atoms with Gasteiger partial charge in [-0.25, -0.2) is 0 Å². The van der Waals surface area contributed by atoms with Crippen LogP contribution in [0.4, 0.5) is 10.8 Å². The summed E-state index contributed by atoms with van der Waals surface area (Å²) < 4.78 is 0. The van der Waals surface area contributed by atoms with Crippen LogP contribution in [-0.4, -0.2) is 10.2 Å². The van der Waals surface area contributed by atoms with E-state index in [4.69, 9.17) is 5.73 Å². The molecule has 0 fully saturated rings. The predicted octanol–water partition coefficient (Wildman–Crippen LogP) is 1.74. The molecule has 72 valence electrons. The number of hydrogen-bond donors (Lipinski definition) is 2. The van der Waals surface area contributed by atoms with Crippen molar-refractivity contribution in [3.05, 3.63) is 35.3 Å². The molecule has 3 N–H and O–H groups in total. The maximum atomic E-state index is 5.61. The van der Waals surface area contributed by atoms with Crippen molar-refractivity contribution in [1.29, 1.82) is 0 Å². The summed E-state index contributed by atoms with van der Waals surface area (Å²) in [7, 11) is 0. The van der Waals surface area contributed by atoms with Gasteiger partial charge in [0.1, 0.15) is 5.51 Å². The fourth-order valence-corrected chi connectivity index (χ4v) is 1.62. The Morgan fingerprint density at radius 3 is 2.93 bits per heavy atom. The van der Waals surface area contributed by atoms with Gasteiger partial charge in [-0.05, 0) is 11.6 Å². The van der Waals surface area contributed by atoms with E-state index in [-0.39, 0.29) is 0 Å². The van der Waals surface area contributed by atoms with Crippen molar-refractivity contribution in [2.75, 3.05) is 5.32 Å². The van der Waals surface area contributed by atoms with Gasteiger partial charge in [0, 0.05) is 12.2 Å². The number of nitrogens with one attached hydrogen (secondary N) is 1. The molecule has 1 aromatic heterocycles. The highest BCUT2D eigenvalue weighted by Crippen LogP contribution is 2.20. The van der Waals surface area contributed by atoms with Gasteiger partial charge in [-0.2, -0.15) is 0 Å². The zero-order valence-corrected chi connectivity index (χ0v) is 8.29. The Balaban J connectivity index is 2.24. The first-order valence-electron chi connectivity index (χ1n) is 4.21. The molecular weight excluding hydrogens is 196 g/mol. The quantitative estimate of drug-likeness (QED) is 0.803. The third kappa shape index (κ3) is 1.89. The summed E-state index contributed by atoms with van der Waals surface area (Å²) in [5, 5.41) is 11.6. The van der Waals surface area contributed by atoms with Crippen LogP contribution in [0.3, 0.4) is 0 Å². The number of rotatable bonds is 3. The molecule has 14 heavy (non-hydrogen) atoms. The van der Waals surface area contributed by atoms with Crippen LogP contribution in [0.1, 0.15) is 5.56 Å². The second-order valence-electron chi connectivity index (χ2n) is 2.73. The van der Waals surface area contributed by atoms with Crippen molar-refractivity contribution in [3.8, 4) is 0 Å².